The lowest BCUT2D eigenvalue weighted by molar-refractivity contribution is 0.598. The maximum absolute atomic E-state index is 6.10. The number of hydrogen-bond donors (Lipinski definition) is 3. The van der Waals surface area contributed by atoms with Crippen LogP contribution in [-0.4, -0.2) is 16.0 Å². The van der Waals surface area contributed by atoms with Gasteiger partial charge in [0.05, 0.1) is 17.1 Å². The average Bonchev–Trinajstić information content (AvgIpc) is 2.80. The number of anilines is 3. The Balaban J connectivity index is 0.000000343. The van der Waals surface area contributed by atoms with Crippen LogP contribution in [0.3, 0.4) is 0 Å². The highest BCUT2D eigenvalue weighted by molar-refractivity contribution is 7.80. The lowest BCUT2D eigenvalue weighted by atomic mass is 9.92. The van der Waals surface area contributed by atoms with Crippen molar-refractivity contribution in [3.05, 3.63) is 82.9 Å². The highest BCUT2D eigenvalue weighted by Gasteiger charge is 2.29. The number of aromatic nitrogens is 2. The fourth-order valence-electron chi connectivity index (χ4n) is 4.13. The van der Waals surface area contributed by atoms with Crippen molar-refractivity contribution in [2.24, 2.45) is 0 Å². The third kappa shape index (κ3) is 5.45. The summed E-state index contributed by atoms with van der Waals surface area (Å²) in [5, 5.41) is 0. The molecule has 1 aromatic carbocycles. The van der Waals surface area contributed by atoms with E-state index in [1.165, 1.54) is 5.56 Å². The van der Waals surface area contributed by atoms with Gasteiger partial charge in [-0.3, -0.25) is 4.98 Å². The summed E-state index contributed by atoms with van der Waals surface area (Å²) in [7, 11) is 0. The van der Waals surface area contributed by atoms with Crippen LogP contribution in [0.2, 0.25) is 0 Å². The molecule has 2 aromatic heterocycles. The number of fused-ring (bicyclic) bond motifs is 1. The van der Waals surface area contributed by atoms with E-state index in [9.17, 15) is 0 Å². The maximum atomic E-state index is 6.10. The number of benzene rings is 1. The molecule has 0 unspecified atom stereocenters. The van der Waals surface area contributed by atoms with E-state index in [4.69, 9.17) is 11.5 Å². The number of rotatable bonds is 4. The number of nitrogens with zero attached hydrogens (tertiary/aromatic N) is 3. The molecule has 0 bridgehead atoms. The fraction of sp³-hybridized carbons (Fsp3) is 0.286. The maximum Gasteiger partial charge on any atom is 0.125 e. The molecule has 1 aliphatic rings. The number of hydrogen-bond acceptors (Lipinski definition) is 6. The van der Waals surface area contributed by atoms with Crippen LogP contribution >= 0.6 is 12.6 Å². The lowest BCUT2D eigenvalue weighted by Gasteiger charge is -2.39. The highest BCUT2D eigenvalue weighted by Crippen LogP contribution is 2.42. The smallest absolute Gasteiger partial charge is 0.125 e. The number of allylic oxidation sites excluding steroid dienone is 1. The van der Waals surface area contributed by atoms with E-state index < -0.39 is 0 Å². The summed E-state index contributed by atoms with van der Waals surface area (Å²) in [5.41, 5.74) is 20.9. The Kier molecular flexibility index (Phi) is 8.05. The first-order chi connectivity index (χ1) is 16.2. The van der Waals surface area contributed by atoms with Crippen LogP contribution in [0.25, 0.3) is 11.6 Å². The van der Waals surface area contributed by atoms with Crippen LogP contribution < -0.4 is 16.4 Å². The number of thiol groups is 1. The predicted octanol–water partition coefficient (Wildman–Crippen LogP) is 6.60. The molecule has 0 saturated carbocycles. The summed E-state index contributed by atoms with van der Waals surface area (Å²) in [6, 6.07) is 12.3. The van der Waals surface area contributed by atoms with E-state index in [1.807, 2.05) is 56.4 Å². The third-order valence-corrected chi connectivity index (χ3v) is 6.47. The van der Waals surface area contributed by atoms with E-state index in [1.54, 1.807) is 0 Å². The Morgan fingerprint density at radius 1 is 1.00 bits per heavy atom. The summed E-state index contributed by atoms with van der Waals surface area (Å²) < 4.78 is 0. The largest absolute Gasteiger partial charge is 0.397 e. The first-order valence-corrected chi connectivity index (χ1v) is 12.1. The van der Waals surface area contributed by atoms with Crippen LogP contribution in [0.1, 0.15) is 54.8 Å². The van der Waals surface area contributed by atoms with Crippen LogP contribution in [0.4, 0.5) is 17.2 Å². The lowest BCUT2D eigenvalue weighted by Crippen LogP contribution is -2.36. The standard InChI is InChI=1S/C21H27N5.C7H8S/c1-6-16(7-2)26-14(5)18(15-8-19(22)13(4)24-11-15)9-17-12(3)25-21(23)10-20(17)26;1-6-2-4-7(8)5-3-6/h8-11,16H,5-7,22H2,1-4H3,(H2,23,25);2-5,8H,1H3. The van der Waals surface area contributed by atoms with Crippen molar-refractivity contribution >= 4 is 41.5 Å². The highest BCUT2D eigenvalue weighted by atomic mass is 32.1. The van der Waals surface area contributed by atoms with Gasteiger partial charge in [0.1, 0.15) is 5.82 Å². The summed E-state index contributed by atoms with van der Waals surface area (Å²) in [6.45, 7) is 14.8. The first kappa shape index (κ1) is 25.4. The molecular weight excluding hydrogens is 438 g/mol. The van der Waals surface area contributed by atoms with Gasteiger partial charge < -0.3 is 16.4 Å². The second kappa shape index (κ2) is 10.8. The first-order valence-electron chi connectivity index (χ1n) is 11.6. The van der Waals surface area contributed by atoms with Gasteiger partial charge in [-0.15, -0.1) is 12.6 Å². The molecule has 6 heteroatoms. The molecule has 0 saturated heterocycles. The van der Waals surface area contributed by atoms with Crippen molar-refractivity contribution in [2.45, 2.75) is 58.4 Å². The van der Waals surface area contributed by atoms with Gasteiger partial charge in [0.15, 0.2) is 0 Å². The van der Waals surface area contributed by atoms with E-state index in [-0.39, 0.29) is 0 Å². The summed E-state index contributed by atoms with van der Waals surface area (Å²) in [4.78, 5) is 12.2. The Hall–Kier alpha value is -3.25. The summed E-state index contributed by atoms with van der Waals surface area (Å²) >= 11 is 4.13. The van der Waals surface area contributed by atoms with E-state index in [2.05, 4.69) is 60.9 Å². The van der Waals surface area contributed by atoms with E-state index in [0.717, 1.165) is 57.2 Å². The Labute approximate surface area is 209 Å². The zero-order chi connectivity index (χ0) is 25.0. The monoisotopic (exact) mass is 473 g/mol. The van der Waals surface area contributed by atoms with Crippen LogP contribution in [0, 0.1) is 20.8 Å². The Bertz CT molecular complexity index is 1190. The minimum atomic E-state index is 0.335. The van der Waals surface area contributed by atoms with Crippen molar-refractivity contribution < 1.29 is 0 Å². The molecule has 0 amide bonds. The topological polar surface area (TPSA) is 81.1 Å². The molecule has 4 rings (SSSR count). The number of nitrogen functional groups attached to an aromatic ring is 2. The van der Waals surface area contributed by atoms with Gasteiger partial charge >= 0.3 is 0 Å². The van der Waals surface area contributed by atoms with Gasteiger partial charge in [-0.2, -0.15) is 0 Å². The van der Waals surface area contributed by atoms with Gasteiger partial charge in [0, 0.05) is 51.3 Å². The van der Waals surface area contributed by atoms with Crippen molar-refractivity contribution in [1.82, 2.24) is 9.97 Å². The molecule has 3 heterocycles. The molecule has 0 atom stereocenters. The molecular formula is C28H35N5S. The molecule has 4 N–H and O–H groups in total. The molecule has 0 spiro atoms. The van der Waals surface area contributed by atoms with Crippen molar-refractivity contribution in [1.29, 1.82) is 0 Å². The van der Waals surface area contributed by atoms with Crippen molar-refractivity contribution in [3.63, 3.8) is 0 Å². The Morgan fingerprint density at radius 3 is 2.21 bits per heavy atom. The number of nitrogens with two attached hydrogens (primary N) is 2. The van der Waals surface area contributed by atoms with Gasteiger partial charge in [-0.05, 0) is 57.9 Å². The van der Waals surface area contributed by atoms with E-state index >= 15 is 0 Å². The second-order valence-corrected chi connectivity index (χ2v) is 9.16. The fourth-order valence-corrected chi connectivity index (χ4v) is 4.28. The third-order valence-electron chi connectivity index (χ3n) is 6.18. The van der Waals surface area contributed by atoms with Crippen molar-refractivity contribution in [2.75, 3.05) is 16.4 Å². The summed E-state index contributed by atoms with van der Waals surface area (Å²) in [6.07, 6.45) is 6.01. The predicted molar refractivity (Wildman–Crippen MR) is 149 cm³/mol. The van der Waals surface area contributed by atoms with Gasteiger partial charge in [0.2, 0.25) is 0 Å². The van der Waals surface area contributed by atoms with Crippen LogP contribution in [0.15, 0.2) is 59.8 Å². The molecule has 5 nitrogen and oxygen atoms in total. The molecule has 1 aliphatic heterocycles. The van der Waals surface area contributed by atoms with Gasteiger partial charge in [-0.25, -0.2) is 4.98 Å². The minimum Gasteiger partial charge on any atom is -0.397 e. The Morgan fingerprint density at radius 2 is 1.65 bits per heavy atom. The average molecular weight is 474 g/mol. The minimum absolute atomic E-state index is 0.335. The summed E-state index contributed by atoms with van der Waals surface area (Å²) in [5.74, 6) is 0.531. The van der Waals surface area contributed by atoms with Crippen LogP contribution in [0.5, 0.6) is 0 Å². The molecule has 34 heavy (non-hydrogen) atoms. The zero-order valence-electron chi connectivity index (χ0n) is 20.8. The van der Waals surface area contributed by atoms with Crippen molar-refractivity contribution in [3.8, 4) is 0 Å². The second-order valence-electron chi connectivity index (χ2n) is 8.64. The molecule has 0 fully saturated rings. The normalized spacial score (nSPS) is 12.7. The number of aryl methyl sites for hydroxylation is 3. The van der Waals surface area contributed by atoms with E-state index in [0.29, 0.717) is 17.5 Å². The number of pyridine rings is 2. The van der Waals surface area contributed by atoms with Crippen LogP contribution in [-0.2, 0) is 0 Å². The SMILES string of the molecule is C=C1C(c2cnc(C)c(N)c2)=Cc2c(cc(N)nc2C)N1C(CC)CC.Cc1ccc(S)cc1. The van der Waals surface area contributed by atoms with Gasteiger partial charge in [0.25, 0.3) is 0 Å². The molecule has 0 aliphatic carbocycles. The quantitative estimate of drug-likeness (QED) is 0.372. The molecule has 178 valence electrons. The zero-order valence-corrected chi connectivity index (χ0v) is 21.7. The molecule has 3 aromatic rings. The molecule has 0 radical (unpaired) electrons. The van der Waals surface area contributed by atoms with Gasteiger partial charge in [-0.1, -0.05) is 38.1 Å².